The molecule has 4 nitrogen and oxygen atoms in total. The van der Waals surface area contributed by atoms with Gasteiger partial charge in [-0.1, -0.05) is 0 Å². The van der Waals surface area contributed by atoms with Gasteiger partial charge in [0.2, 0.25) is 0 Å². The molecule has 1 aliphatic heterocycles. The molecule has 0 amide bonds. The molecule has 1 rings (SSSR count). The van der Waals surface area contributed by atoms with Crippen LogP contribution < -0.4 is 25.0 Å². The number of esters is 1. The summed E-state index contributed by atoms with van der Waals surface area (Å²) in [7, 11) is 0. The SMILES string of the molecule is CC[C-](C(=O)OC(CC(C)C)C(C)(O)C(F)(F)F)C1N[I-]1.[Rh]. The van der Waals surface area contributed by atoms with E-state index < -0.39 is 23.9 Å². The third kappa shape index (κ3) is 5.80. The molecule has 9 heteroatoms. The molecule has 1 radical (unpaired) electrons. The first-order valence-electron chi connectivity index (χ1n) is 6.74. The van der Waals surface area contributed by atoms with Crippen molar-refractivity contribution in [2.24, 2.45) is 5.92 Å². The molecule has 1 aliphatic rings. The van der Waals surface area contributed by atoms with Gasteiger partial charge in [0.05, 0.1) is 0 Å². The average Bonchev–Trinajstić information content (AvgIpc) is 3.11. The van der Waals surface area contributed by atoms with Gasteiger partial charge in [0.25, 0.3) is 0 Å². The van der Waals surface area contributed by atoms with E-state index in [4.69, 9.17) is 4.74 Å². The molecule has 0 aromatic heterocycles. The molecule has 3 unspecified atom stereocenters. The van der Waals surface area contributed by atoms with Crippen LogP contribution in [0.4, 0.5) is 13.2 Å². The van der Waals surface area contributed by atoms with Crippen molar-refractivity contribution >= 4 is 5.97 Å². The summed E-state index contributed by atoms with van der Waals surface area (Å²) >= 11 is -0.274. The van der Waals surface area contributed by atoms with Gasteiger partial charge >= 0.3 is 133 Å². The summed E-state index contributed by atoms with van der Waals surface area (Å²) in [6, 6.07) is 0. The third-order valence-corrected chi connectivity index (χ3v) is 5.30. The first kappa shape index (κ1) is 22.4. The van der Waals surface area contributed by atoms with E-state index >= 15 is 0 Å². The summed E-state index contributed by atoms with van der Waals surface area (Å²) in [5.74, 6) is -0.412. The van der Waals surface area contributed by atoms with Crippen LogP contribution >= 0.6 is 0 Å². The van der Waals surface area contributed by atoms with Crippen molar-refractivity contribution < 1.29 is 68.8 Å². The normalized spacial score (nSPS) is 22.0. The molecule has 0 saturated carbocycles. The third-order valence-electron chi connectivity index (χ3n) is 3.30. The zero-order chi connectivity index (χ0) is 16.4. The van der Waals surface area contributed by atoms with Crippen molar-refractivity contribution in [3.8, 4) is 0 Å². The standard InChI is InChI=1S/C13H21F3INO3.Rh/c1-5-8(10-17-18-10)11(19)21-9(6-7(2)3)12(4,20)13(14,15)16;/h7,9-10,18,20H,5-6H2,1-4H3;/q-2;. The van der Waals surface area contributed by atoms with Crippen molar-refractivity contribution in [3.63, 3.8) is 0 Å². The number of ether oxygens (including phenoxy) is 1. The molecule has 1 saturated heterocycles. The van der Waals surface area contributed by atoms with Crippen LogP contribution in [0.15, 0.2) is 0 Å². The topological polar surface area (TPSA) is 68.5 Å². The summed E-state index contributed by atoms with van der Waals surface area (Å²) in [4.78, 5) is 12.1. The number of rotatable bonds is 7. The number of hydrogen-bond donors (Lipinski definition) is 2. The van der Waals surface area contributed by atoms with Crippen LogP contribution in [0.2, 0.25) is 0 Å². The molecule has 1 heterocycles. The number of carbonyl (C=O) groups is 1. The largest absolute Gasteiger partial charge is 0 e. The minimum Gasteiger partial charge on any atom is 0 e. The summed E-state index contributed by atoms with van der Waals surface area (Å²) in [6.07, 6.45) is -6.09. The van der Waals surface area contributed by atoms with E-state index in [2.05, 4.69) is 3.53 Å². The zero-order valence-electron chi connectivity index (χ0n) is 12.8. The van der Waals surface area contributed by atoms with Crippen LogP contribution in [0.3, 0.4) is 0 Å². The molecule has 0 bridgehead atoms. The van der Waals surface area contributed by atoms with Crippen molar-refractivity contribution in [1.29, 1.82) is 0 Å². The number of nitrogens with one attached hydrogen (secondary N) is 1. The van der Waals surface area contributed by atoms with Crippen LogP contribution in [0.25, 0.3) is 0 Å². The Balaban J connectivity index is 0.00000441. The Morgan fingerprint density at radius 1 is 1.45 bits per heavy atom. The second-order valence-corrected chi connectivity index (χ2v) is 8.12. The Hall–Kier alpha value is 0.403. The van der Waals surface area contributed by atoms with Crippen LogP contribution in [0.1, 0.15) is 40.5 Å². The summed E-state index contributed by atoms with van der Waals surface area (Å²) in [5.41, 5.74) is -3.06. The minimum atomic E-state index is -4.86. The predicted octanol–water partition coefficient (Wildman–Crippen LogP) is -0.827. The fourth-order valence-electron chi connectivity index (χ4n) is 1.80. The Labute approximate surface area is 152 Å². The molecule has 3 atom stereocenters. The first-order valence-corrected chi connectivity index (χ1v) is 9.06. The van der Waals surface area contributed by atoms with E-state index in [1.165, 1.54) is 0 Å². The molecular weight excluding hydrogens is 505 g/mol. The van der Waals surface area contributed by atoms with Crippen LogP contribution in [0, 0.1) is 11.8 Å². The van der Waals surface area contributed by atoms with Crippen molar-refractivity contribution in [2.75, 3.05) is 0 Å². The van der Waals surface area contributed by atoms with Gasteiger partial charge in [0.15, 0.2) is 0 Å². The molecule has 135 valence electrons. The van der Waals surface area contributed by atoms with Gasteiger partial charge in [-0.3, -0.25) is 0 Å². The second-order valence-electron chi connectivity index (χ2n) is 5.63. The van der Waals surface area contributed by atoms with Gasteiger partial charge in [-0.05, 0) is 0 Å². The van der Waals surface area contributed by atoms with Gasteiger partial charge in [-0.2, -0.15) is 0 Å². The fourth-order valence-corrected chi connectivity index (χ4v) is 3.42. The maximum absolute atomic E-state index is 13.0. The van der Waals surface area contributed by atoms with E-state index in [9.17, 15) is 23.1 Å². The second kappa shape index (κ2) is 8.49. The van der Waals surface area contributed by atoms with Gasteiger partial charge in [-0.15, -0.1) is 0 Å². The van der Waals surface area contributed by atoms with Gasteiger partial charge < -0.3 is 0 Å². The summed E-state index contributed by atoms with van der Waals surface area (Å²) in [5, 5.41) is 9.80. The Kier molecular flexibility index (Phi) is 8.64. The minimum absolute atomic E-state index is 0. The quantitative estimate of drug-likeness (QED) is 0.0666. The molecule has 2 N–H and O–H groups in total. The first-order chi connectivity index (χ1) is 9.50. The number of hydrogen-bond acceptors (Lipinski definition) is 4. The molecule has 22 heavy (non-hydrogen) atoms. The summed E-state index contributed by atoms with van der Waals surface area (Å²) in [6.45, 7) is 5.85. The van der Waals surface area contributed by atoms with Crippen LogP contribution in [0.5, 0.6) is 0 Å². The van der Waals surface area contributed by atoms with E-state index in [1.807, 2.05) is 0 Å². The van der Waals surface area contributed by atoms with E-state index in [1.54, 1.807) is 20.8 Å². The van der Waals surface area contributed by atoms with Crippen molar-refractivity contribution in [1.82, 2.24) is 3.53 Å². The number of halogens is 4. The molecule has 0 aromatic rings. The fraction of sp³-hybridized carbons (Fsp3) is 0.846. The Bertz CT molecular complexity index is 376. The van der Waals surface area contributed by atoms with E-state index in [-0.39, 0.29) is 57.3 Å². The van der Waals surface area contributed by atoms with Gasteiger partial charge in [-0.25, -0.2) is 0 Å². The number of alkyl halides is 4. The van der Waals surface area contributed by atoms with Crippen LogP contribution in [-0.4, -0.2) is 33.0 Å². The van der Waals surface area contributed by atoms with E-state index in [0.29, 0.717) is 19.3 Å². The maximum Gasteiger partial charge on any atom is 0 e. The molecular formula is C13H21F3INO3Rh-2. The van der Waals surface area contributed by atoms with Crippen LogP contribution in [-0.2, 0) is 29.0 Å². The smallest absolute Gasteiger partial charge is 0 e. The molecule has 1 fully saturated rings. The van der Waals surface area contributed by atoms with Crippen molar-refractivity contribution in [2.45, 2.75) is 62.5 Å². The average molecular weight is 526 g/mol. The number of carbonyl (C=O) groups excluding carboxylic acids is 1. The summed E-state index contributed by atoms with van der Waals surface area (Å²) < 4.78 is 47.0. The van der Waals surface area contributed by atoms with Gasteiger partial charge in [0.1, 0.15) is 0 Å². The van der Waals surface area contributed by atoms with Crippen molar-refractivity contribution in [3.05, 3.63) is 5.92 Å². The van der Waals surface area contributed by atoms with Gasteiger partial charge in [0, 0.05) is 19.5 Å². The zero-order valence-corrected chi connectivity index (χ0v) is 16.6. The monoisotopic (exact) mass is 526 g/mol. The Morgan fingerprint density at radius 3 is 2.27 bits per heavy atom. The maximum atomic E-state index is 13.0. The number of aliphatic hydroxyl groups is 1. The molecule has 0 aliphatic carbocycles. The molecule has 0 spiro atoms. The Morgan fingerprint density at radius 2 is 1.95 bits per heavy atom. The predicted molar refractivity (Wildman–Crippen MR) is 66.5 cm³/mol. The molecule has 0 aromatic carbocycles. The van der Waals surface area contributed by atoms with E-state index in [0.717, 1.165) is 0 Å².